The molecule has 0 saturated carbocycles. The monoisotopic (exact) mass is 330 g/mol. The molecule has 0 unspecified atom stereocenters. The minimum atomic E-state index is -0.387. The van der Waals surface area contributed by atoms with E-state index in [4.69, 9.17) is 0 Å². The average molecular weight is 331 g/mol. The van der Waals surface area contributed by atoms with Crippen LogP contribution in [0.1, 0.15) is 32.3 Å². The first kappa shape index (κ1) is 16.1. The van der Waals surface area contributed by atoms with Crippen molar-refractivity contribution in [3.05, 3.63) is 38.3 Å². The summed E-state index contributed by atoms with van der Waals surface area (Å²) in [6.45, 7) is 4.35. The molecule has 2 N–H and O–H groups in total. The Labute approximate surface area is 121 Å². The number of nitro groups is 1. The van der Waals surface area contributed by atoms with Gasteiger partial charge in [0.2, 0.25) is 0 Å². The second kappa shape index (κ2) is 6.98. The molecule has 6 heteroatoms. The number of nitrogens with one attached hydrogen (secondary N) is 1. The van der Waals surface area contributed by atoms with Crippen molar-refractivity contribution < 1.29 is 10.0 Å². The zero-order valence-electron chi connectivity index (χ0n) is 11.1. The highest BCUT2D eigenvalue weighted by Gasteiger charge is 2.25. The highest BCUT2D eigenvalue weighted by molar-refractivity contribution is 9.10. The van der Waals surface area contributed by atoms with E-state index in [9.17, 15) is 15.2 Å². The van der Waals surface area contributed by atoms with Crippen LogP contribution in [0.25, 0.3) is 0 Å². The molecule has 0 fully saturated rings. The van der Waals surface area contributed by atoms with Crippen molar-refractivity contribution in [2.24, 2.45) is 0 Å². The average Bonchev–Trinajstić information content (AvgIpc) is 2.40. The second-order valence-electron chi connectivity index (χ2n) is 4.53. The maximum Gasteiger partial charge on any atom is 0.273 e. The topological polar surface area (TPSA) is 75.4 Å². The van der Waals surface area contributed by atoms with Crippen molar-refractivity contribution in [1.82, 2.24) is 5.32 Å². The predicted molar refractivity (Wildman–Crippen MR) is 78.0 cm³/mol. The maximum atomic E-state index is 11.0. The third kappa shape index (κ3) is 3.99. The molecular formula is C13H19BrN2O3. The summed E-state index contributed by atoms with van der Waals surface area (Å²) in [4.78, 5) is 10.6. The number of hydrogen-bond acceptors (Lipinski definition) is 4. The summed E-state index contributed by atoms with van der Waals surface area (Å²) in [5.74, 6) is 0. The van der Waals surface area contributed by atoms with Crippen LogP contribution in [0.2, 0.25) is 0 Å². The number of aliphatic hydroxyl groups excluding tert-OH is 1. The van der Waals surface area contributed by atoms with E-state index >= 15 is 0 Å². The molecule has 5 nitrogen and oxygen atoms in total. The van der Waals surface area contributed by atoms with E-state index in [1.165, 1.54) is 6.07 Å². The summed E-state index contributed by atoms with van der Waals surface area (Å²) in [5.41, 5.74) is 0.324. The molecule has 1 aromatic carbocycles. The summed E-state index contributed by atoms with van der Waals surface area (Å²) >= 11 is 3.32. The number of rotatable bonds is 7. The van der Waals surface area contributed by atoms with Gasteiger partial charge in [-0.15, -0.1) is 0 Å². The molecule has 19 heavy (non-hydrogen) atoms. The van der Waals surface area contributed by atoms with Crippen molar-refractivity contribution in [1.29, 1.82) is 0 Å². The molecule has 0 radical (unpaired) electrons. The number of benzene rings is 1. The Hall–Kier alpha value is -0.980. The van der Waals surface area contributed by atoms with E-state index in [0.717, 1.165) is 17.3 Å². The first-order chi connectivity index (χ1) is 8.98. The van der Waals surface area contributed by atoms with Crippen LogP contribution in [0.5, 0.6) is 0 Å². The molecule has 0 amide bonds. The van der Waals surface area contributed by atoms with Gasteiger partial charge in [0, 0.05) is 28.2 Å². The van der Waals surface area contributed by atoms with Crippen LogP contribution in [-0.4, -0.2) is 22.2 Å². The minimum Gasteiger partial charge on any atom is -0.394 e. The van der Waals surface area contributed by atoms with Gasteiger partial charge < -0.3 is 10.4 Å². The summed E-state index contributed by atoms with van der Waals surface area (Å²) in [6, 6.07) is 4.87. The van der Waals surface area contributed by atoms with E-state index in [1.807, 2.05) is 13.8 Å². The molecule has 0 aliphatic rings. The Morgan fingerprint density at radius 3 is 2.53 bits per heavy atom. The van der Waals surface area contributed by atoms with Crippen molar-refractivity contribution in [3.63, 3.8) is 0 Å². The Morgan fingerprint density at radius 2 is 2.05 bits per heavy atom. The fourth-order valence-corrected chi connectivity index (χ4v) is 2.34. The maximum absolute atomic E-state index is 11.0. The van der Waals surface area contributed by atoms with Crippen molar-refractivity contribution in [2.45, 2.75) is 38.8 Å². The quantitative estimate of drug-likeness (QED) is 0.595. The van der Waals surface area contributed by atoms with Crippen LogP contribution < -0.4 is 5.32 Å². The lowest BCUT2D eigenvalue weighted by Crippen LogP contribution is -2.47. The molecule has 1 aromatic rings. The summed E-state index contributed by atoms with van der Waals surface area (Å²) < 4.78 is 0.803. The Bertz CT molecular complexity index is 439. The SMILES string of the molecule is CCC(CC)(CO)NCc1cc(Br)ccc1[N+](=O)[O-]. The molecule has 0 atom stereocenters. The highest BCUT2D eigenvalue weighted by Crippen LogP contribution is 2.24. The number of halogens is 1. The smallest absolute Gasteiger partial charge is 0.273 e. The molecule has 0 aromatic heterocycles. The first-order valence-corrected chi connectivity index (χ1v) is 7.06. The largest absolute Gasteiger partial charge is 0.394 e. The van der Waals surface area contributed by atoms with E-state index in [1.54, 1.807) is 12.1 Å². The summed E-state index contributed by atoms with van der Waals surface area (Å²) in [5, 5.41) is 23.7. The van der Waals surface area contributed by atoms with Gasteiger partial charge in [-0.2, -0.15) is 0 Å². The number of hydrogen-bond donors (Lipinski definition) is 2. The van der Waals surface area contributed by atoms with Gasteiger partial charge in [-0.05, 0) is 25.0 Å². The van der Waals surface area contributed by atoms with E-state index < -0.39 is 0 Å². The van der Waals surface area contributed by atoms with Gasteiger partial charge in [0.05, 0.1) is 11.5 Å². The highest BCUT2D eigenvalue weighted by atomic mass is 79.9. The van der Waals surface area contributed by atoms with Gasteiger partial charge in [-0.3, -0.25) is 10.1 Å². The van der Waals surface area contributed by atoms with Gasteiger partial charge in [0.25, 0.3) is 5.69 Å². The zero-order chi connectivity index (χ0) is 14.5. The first-order valence-electron chi connectivity index (χ1n) is 6.26. The molecule has 0 bridgehead atoms. The number of aliphatic hydroxyl groups is 1. The van der Waals surface area contributed by atoms with Gasteiger partial charge in [-0.1, -0.05) is 29.8 Å². The third-order valence-electron chi connectivity index (χ3n) is 3.55. The number of nitro benzene ring substituents is 1. The molecule has 0 saturated heterocycles. The molecule has 0 aliphatic heterocycles. The predicted octanol–water partition coefficient (Wildman–Crippen LogP) is 3.00. The normalized spacial score (nSPS) is 11.6. The van der Waals surface area contributed by atoms with Crippen LogP contribution in [0, 0.1) is 10.1 Å². The molecule has 0 heterocycles. The zero-order valence-corrected chi connectivity index (χ0v) is 12.7. The Kier molecular flexibility index (Phi) is 5.90. The third-order valence-corrected chi connectivity index (χ3v) is 4.04. The van der Waals surface area contributed by atoms with Gasteiger partial charge in [0.15, 0.2) is 0 Å². The van der Waals surface area contributed by atoms with Gasteiger partial charge >= 0.3 is 0 Å². The summed E-state index contributed by atoms with van der Waals surface area (Å²) in [7, 11) is 0. The van der Waals surface area contributed by atoms with Crippen LogP contribution in [-0.2, 0) is 6.54 Å². The van der Waals surface area contributed by atoms with E-state index in [0.29, 0.717) is 12.1 Å². The molecule has 1 rings (SSSR count). The fourth-order valence-electron chi connectivity index (χ4n) is 1.94. The lowest BCUT2D eigenvalue weighted by Gasteiger charge is -2.31. The van der Waals surface area contributed by atoms with Crippen molar-refractivity contribution in [2.75, 3.05) is 6.61 Å². The molecule has 0 spiro atoms. The Morgan fingerprint density at radius 1 is 1.42 bits per heavy atom. The number of nitrogens with zero attached hydrogens (tertiary/aromatic N) is 1. The molecule has 0 aliphatic carbocycles. The van der Waals surface area contributed by atoms with Crippen LogP contribution >= 0.6 is 15.9 Å². The van der Waals surface area contributed by atoms with Crippen LogP contribution in [0.4, 0.5) is 5.69 Å². The van der Waals surface area contributed by atoms with E-state index in [-0.39, 0.29) is 22.8 Å². The Balaban J connectivity index is 2.93. The minimum absolute atomic E-state index is 0.0157. The van der Waals surface area contributed by atoms with Crippen molar-refractivity contribution in [3.8, 4) is 0 Å². The fraction of sp³-hybridized carbons (Fsp3) is 0.538. The lowest BCUT2D eigenvalue weighted by atomic mass is 9.93. The van der Waals surface area contributed by atoms with Gasteiger partial charge in [-0.25, -0.2) is 0 Å². The van der Waals surface area contributed by atoms with Crippen LogP contribution in [0.15, 0.2) is 22.7 Å². The second-order valence-corrected chi connectivity index (χ2v) is 5.44. The molecule has 106 valence electrons. The van der Waals surface area contributed by atoms with Gasteiger partial charge in [0.1, 0.15) is 0 Å². The van der Waals surface area contributed by atoms with Crippen molar-refractivity contribution >= 4 is 21.6 Å². The van der Waals surface area contributed by atoms with E-state index in [2.05, 4.69) is 21.2 Å². The molecular weight excluding hydrogens is 312 g/mol. The lowest BCUT2D eigenvalue weighted by molar-refractivity contribution is -0.385. The van der Waals surface area contributed by atoms with Crippen LogP contribution in [0.3, 0.4) is 0 Å². The summed E-state index contributed by atoms with van der Waals surface area (Å²) in [6.07, 6.45) is 1.53. The standard InChI is InChI=1S/C13H19BrN2O3/c1-3-13(4-2,9-17)15-8-10-7-11(14)5-6-12(10)16(18)19/h5-7,15,17H,3-4,8-9H2,1-2H3.